The van der Waals surface area contributed by atoms with Crippen LogP contribution in [-0.2, 0) is 11.3 Å². The number of rotatable bonds is 3. The highest BCUT2D eigenvalue weighted by Crippen LogP contribution is 2.06. The predicted octanol–water partition coefficient (Wildman–Crippen LogP) is 1.46. The first kappa shape index (κ1) is 10.3. The van der Waals surface area contributed by atoms with Crippen LogP contribution in [-0.4, -0.2) is 18.3 Å². The molecule has 0 spiro atoms. The van der Waals surface area contributed by atoms with Crippen molar-refractivity contribution >= 4 is 11.6 Å². The fourth-order valence-electron chi connectivity index (χ4n) is 1.16. The second kappa shape index (κ2) is 4.44. The van der Waals surface area contributed by atoms with Gasteiger partial charge in [0.25, 0.3) is 5.56 Å². The molecule has 1 heterocycles. The summed E-state index contributed by atoms with van der Waals surface area (Å²) in [6.45, 7) is 2.95. The molecule has 0 unspecified atom stereocenters. The Morgan fingerprint density at radius 1 is 1.54 bits per heavy atom. The van der Waals surface area contributed by atoms with E-state index >= 15 is 0 Å². The van der Waals surface area contributed by atoms with E-state index in [2.05, 4.69) is 0 Å². The molecule has 0 saturated carbocycles. The molecule has 0 fully saturated rings. The molecule has 1 aromatic rings. The second-order valence-corrected chi connectivity index (χ2v) is 3.23. The van der Waals surface area contributed by atoms with Crippen LogP contribution in [0.2, 0.25) is 5.02 Å². The van der Waals surface area contributed by atoms with Gasteiger partial charge in [0.05, 0.1) is 6.61 Å². The van der Waals surface area contributed by atoms with Crippen molar-refractivity contribution in [1.29, 1.82) is 0 Å². The first-order valence-corrected chi connectivity index (χ1v) is 4.39. The lowest BCUT2D eigenvalue weighted by molar-refractivity contribution is 0.185. The monoisotopic (exact) mass is 201 g/mol. The molecular formula is C9H12ClNO2. The van der Waals surface area contributed by atoms with Gasteiger partial charge in [-0.1, -0.05) is 11.6 Å². The number of halogens is 1. The number of methoxy groups -OCH3 is 1. The third-order valence-corrected chi connectivity index (χ3v) is 2.04. The quantitative estimate of drug-likeness (QED) is 0.742. The minimum Gasteiger partial charge on any atom is -0.383 e. The molecule has 1 aromatic heterocycles. The molecule has 0 aliphatic rings. The number of aryl methyl sites for hydroxylation is 1. The maximum absolute atomic E-state index is 11.4. The highest BCUT2D eigenvalue weighted by molar-refractivity contribution is 6.30. The summed E-state index contributed by atoms with van der Waals surface area (Å²) in [5.41, 5.74) is 0.775. The number of hydrogen-bond donors (Lipinski definition) is 0. The summed E-state index contributed by atoms with van der Waals surface area (Å²) in [7, 11) is 1.61. The standard InChI is InChI=1S/C9H12ClNO2/c1-7-5-8(10)6-9(12)11(7)3-4-13-2/h5-6H,3-4H2,1-2H3. The Labute approximate surface area is 81.9 Å². The molecule has 0 atom stereocenters. The normalized spacial score (nSPS) is 10.4. The average Bonchev–Trinajstić information content (AvgIpc) is 2.02. The molecule has 0 aliphatic heterocycles. The van der Waals surface area contributed by atoms with Crippen molar-refractivity contribution in [2.24, 2.45) is 0 Å². The molecule has 0 aliphatic carbocycles. The van der Waals surface area contributed by atoms with Gasteiger partial charge in [0.2, 0.25) is 0 Å². The molecule has 0 bridgehead atoms. The van der Waals surface area contributed by atoms with Crippen molar-refractivity contribution in [1.82, 2.24) is 4.57 Å². The summed E-state index contributed by atoms with van der Waals surface area (Å²) >= 11 is 5.71. The van der Waals surface area contributed by atoms with Gasteiger partial charge in [0.1, 0.15) is 0 Å². The minimum atomic E-state index is -0.0814. The van der Waals surface area contributed by atoms with E-state index in [1.54, 1.807) is 17.7 Å². The van der Waals surface area contributed by atoms with Crippen molar-refractivity contribution in [3.8, 4) is 0 Å². The van der Waals surface area contributed by atoms with Gasteiger partial charge in [-0.05, 0) is 13.0 Å². The van der Waals surface area contributed by atoms with Crippen LogP contribution in [0.1, 0.15) is 5.69 Å². The Morgan fingerprint density at radius 2 is 2.23 bits per heavy atom. The highest BCUT2D eigenvalue weighted by atomic mass is 35.5. The largest absolute Gasteiger partial charge is 0.383 e. The number of ether oxygens (including phenoxy) is 1. The molecule has 4 heteroatoms. The van der Waals surface area contributed by atoms with Gasteiger partial charge in [0, 0.05) is 30.4 Å². The first-order chi connectivity index (χ1) is 6.15. The van der Waals surface area contributed by atoms with Crippen LogP contribution in [0.5, 0.6) is 0 Å². The molecule has 1 rings (SSSR count). The lowest BCUT2D eigenvalue weighted by Gasteiger charge is -2.08. The van der Waals surface area contributed by atoms with Crippen LogP contribution in [0.15, 0.2) is 16.9 Å². The Kier molecular flexibility index (Phi) is 3.51. The smallest absolute Gasteiger partial charge is 0.252 e. The van der Waals surface area contributed by atoms with Gasteiger partial charge < -0.3 is 9.30 Å². The Hall–Kier alpha value is -0.800. The zero-order valence-electron chi connectivity index (χ0n) is 7.71. The molecule has 0 saturated heterocycles. The molecule has 13 heavy (non-hydrogen) atoms. The summed E-state index contributed by atoms with van der Waals surface area (Å²) in [5.74, 6) is 0. The third-order valence-electron chi connectivity index (χ3n) is 1.82. The maximum atomic E-state index is 11.4. The third kappa shape index (κ3) is 2.57. The van der Waals surface area contributed by atoms with Crippen LogP contribution in [0.3, 0.4) is 0 Å². The fraction of sp³-hybridized carbons (Fsp3) is 0.444. The lowest BCUT2D eigenvalue weighted by atomic mass is 10.3. The van der Waals surface area contributed by atoms with Gasteiger partial charge in [-0.3, -0.25) is 4.79 Å². The number of pyridine rings is 1. The Balaban J connectivity index is 2.99. The van der Waals surface area contributed by atoms with E-state index in [9.17, 15) is 4.79 Å². The van der Waals surface area contributed by atoms with Gasteiger partial charge in [-0.15, -0.1) is 0 Å². The zero-order chi connectivity index (χ0) is 9.84. The summed E-state index contributed by atoms with van der Waals surface area (Å²) in [4.78, 5) is 11.4. The van der Waals surface area contributed by atoms with E-state index in [-0.39, 0.29) is 5.56 Å². The summed E-state index contributed by atoms with van der Waals surface area (Å²) in [6.07, 6.45) is 0. The van der Waals surface area contributed by atoms with E-state index in [0.717, 1.165) is 5.69 Å². The Morgan fingerprint density at radius 3 is 2.77 bits per heavy atom. The van der Waals surface area contributed by atoms with Crippen LogP contribution in [0.4, 0.5) is 0 Å². The summed E-state index contributed by atoms with van der Waals surface area (Å²) in [5, 5.41) is 0.483. The zero-order valence-corrected chi connectivity index (χ0v) is 8.47. The molecule has 0 amide bonds. The van der Waals surface area contributed by atoms with Crippen molar-refractivity contribution in [2.45, 2.75) is 13.5 Å². The van der Waals surface area contributed by atoms with Gasteiger partial charge in [-0.2, -0.15) is 0 Å². The van der Waals surface area contributed by atoms with Crippen LogP contribution in [0.25, 0.3) is 0 Å². The Bertz CT molecular complexity index is 346. The molecule has 72 valence electrons. The first-order valence-electron chi connectivity index (χ1n) is 4.01. The summed E-state index contributed by atoms with van der Waals surface area (Å²) < 4.78 is 6.53. The van der Waals surface area contributed by atoms with E-state index in [1.165, 1.54) is 6.07 Å². The maximum Gasteiger partial charge on any atom is 0.252 e. The van der Waals surface area contributed by atoms with E-state index in [1.807, 2.05) is 6.92 Å². The van der Waals surface area contributed by atoms with Gasteiger partial charge in [-0.25, -0.2) is 0 Å². The van der Waals surface area contributed by atoms with Gasteiger partial charge >= 0.3 is 0 Å². The van der Waals surface area contributed by atoms with Crippen LogP contribution < -0.4 is 5.56 Å². The minimum absolute atomic E-state index is 0.0814. The van der Waals surface area contributed by atoms with Crippen molar-refractivity contribution in [3.05, 3.63) is 33.2 Å². The predicted molar refractivity (Wildman–Crippen MR) is 52.3 cm³/mol. The fourth-order valence-corrected chi connectivity index (χ4v) is 1.41. The van der Waals surface area contributed by atoms with Crippen LogP contribution in [0, 0.1) is 6.92 Å². The number of hydrogen-bond acceptors (Lipinski definition) is 2. The number of nitrogens with zero attached hydrogens (tertiary/aromatic N) is 1. The lowest BCUT2D eigenvalue weighted by Crippen LogP contribution is -2.23. The van der Waals surface area contributed by atoms with Crippen molar-refractivity contribution in [2.75, 3.05) is 13.7 Å². The van der Waals surface area contributed by atoms with E-state index in [4.69, 9.17) is 16.3 Å². The van der Waals surface area contributed by atoms with Crippen LogP contribution >= 0.6 is 11.6 Å². The highest BCUT2D eigenvalue weighted by Gasteiger charge is 2.00. The van der Waals surface area contributed by atoms with E-state index < -0.39 is 0 Å². The molecule has 0 radical (unpaired) electrons. The van der Waals surface area contributed by atoms with Crippen molar-refractivity contribution < 1.29 is 4.74 Å². The average molecular weight is 202 g/mol. The molecule has 0 N–H and O–H groups in total. The van der Waals surface area contributed by atoms with Gasteiger partial charge in [0.15, 0.2) is 0 Å². The number of aromatic nitrogens is 1. The molecular weight excluding hydrogens is 190 g/mol. The molecule has 0 aromatic carbocycles. The summed E-state index contributed by atoms with van der Waals surface area (Å²) in [6, 6.07) is 3.17. The molecule has 3 nitrogen and oxygen atoms in total. The topological polar surface area (TPSA) is 31.2 Å². The van der Waals surface area contributed by atoms with Crippen molar-refractivity contribution in [3.63, 3.8) is 0 Å². The van der Waals surface area contributed by atoms with E-state index in [0.29, 0.717) is 18.2 Å². The second-order valence-electron chi connectivity index (χ2n) is 2.80. The SMILES string of the molecule is COCCn1c(C)cc(Cl)cc1=O.